The first-order valence-corrected chi connectivity index (χ1v) is 6.01. The van der Waals surface area contributed by atoms with Gasteiger partial charge in [-0.3, -0.25) is 4.79 Å². The molecule has 0 bridgehead atoms. The molecule has 1 aromatic heterocycles. The van der Waals surface area contributed by atoms with E-state index in [0.29, 0.717) is 6.42 Å². The fourth-order valence-corrected chi connectivity index (χ4v) is 2.17. The van der Waals surface area contributed by atoms with Gasteiger partial charge in [0.15, 0.2) is 0 Å². The Labute approximate surface area is 94.9 Å². The Morgan fingerprint density at radius 1 is 1.67 bits per heavy atom. The van der Waals surface area contributed by atoms with Gasteiger partial charge in [-0.15, -0.1) is 11.3 Å². The van der Waals surface area contributed by atoms with E-state index in [9.17, 15) is 4.79 Å². The molecular weight excluding hydrogens is 208 g/mol. The first-order chi connectivity index (χ1) is 7.07. The van der Waals surface area contributed by atoms with Gasteiger partial charge in [0.25, 0.3) is 0 Å². The molecule has 1 amide bonds. The Morgan fingerprint density at radius 3 is 2.80 bits per heavy atom. The van der Waals surface area contributed by atoms with Gasteiger partial charge in [0, 0.05) is 11.9 Å². The van der Waals surface area contributed by atoms with Gasteiger partial charge in [0.1, 0.15) is 0 Å². The topological polar surface area (TPSA) is 46.3 Å². The maximum absolute atomic E-state index is 11.8. The third-order valence-corrected chi connectivity index (χ3v) is 3.68. The van der Waals surface area contributed by atoms with E-state index >= 15 is 0 Å². The van der Waals surface area contributed by atoms with Gasteiger partial charge in [-0.1, -0.05) is 13.0 Å². The number of nitrogens with zero attached hydrogens (tertiary/aromatic N) is 1. The highest BCUT2D eigenvalue weighted by atomic mass is 32.1. The van der Waals surface area contributed by atoms with Crippen LogP contribution in [0.2, 0.25) is 0 Å². The fourth-order valence-electron chi connectivity index (χ4n) is 1.35. The van der Waals surface area contributed by atoms with Gasteiger partial charge < -0.3 is 10.6 Å². The van der Waals surface area contributed by atoms with E-state index in [1.54, 1.807) is 16.2 Å². The summed E-state index contributed by atoms with van der Waals surface area (Å²) in [4.78, 5) is 14.7. The van der Waals surface area contributed by atoms with Crippen molar-refractivity contribution in [3.63, 3.8) is 0 Å². The third-order valence-electron chi connectivity index (χ3n) is 2.64. The summed E-state index contributed by atoms with van der Waals surface area (Å²) in [6.45, 7) is 3.94. The summed E-state index contributed by atoms with van der Waals surface area (Å²) in [6, 6.07) is 3.76. The minimum absolute atomic E-state index is 0.0124. The zero-order valence-electron chi connectivity index (χ0n) is 9.43. The van der Waals surface area contributed by atoms with Crippen molar-refractivity contribution in [2.24, 2.45) is 5.73 Å². The number of nitrogens with two attached hydrogens (primary N) is 1. The lowest BCUT2D eigenvalue weighted by Crippen LogP contribution is -2.42. The Morgan fingerprint density at radius 2 is 2.33 bits per heavy atom. The third kappa shape index (κ3) is 2.79. The smallest absolute Gasteiger partial charge is 0.239 e. The van der Waals surface area contributed by atoms with E-state index in [-0.39, 0.29) is 18.0 Å². The first kappa shape index (κ1) is 12.2. The zero-order chi connectivity index (χ0) is 11.4. The molecule has 0 radical (unpaired) electrons. The molecule has 0 spiro atoms. The van der Waals surface area contributed by atoms with Crippen molar-refractivity contribution >= 4 is 17.2 Å². The molecule has 1 aromatic rings. The molecule has 2 unspecified atom stereocenters. The second-order valence-electron chi connectivity index (χ2n) is 3.66. The van der Waals surface area contributed by atoms with Crippen molar-refractivity contribution in [1.82, 2.24) is 4.90 Å². The number of thiophene rings is 1. The maximum Gasteiger partial charge on any atom is 0.239 e. The highest BCUT2D eigenvalue weighted by molar-refractivity contribution is 7.10. The maximum atomic E-state index is 11.8. The lowest BCUT2D eigenvalue weighted by molar-refractivity contribution is -0.133. The number of carbonyl (C=O) groups is 1. The van der Waals surface area contributed by atoms with Crippen LogP contribution in [0, 0.1) is 0 Å². The molecule has 4 heteroatoms. The largest absolute Gasteiger partial charge is 0.337 e. The van der Waals surface area contributed by atoms with Crippen LogP contribution in [0.4, 0.5) is 0 Å². The zero-order valence-corrected chi connectivity index (χ0v) is 10.3. The summed E-state index contributed by atoms with van der Waals surface area (Å²) in [6.07, 6.45) is 0.681. The molecule has 0 saturated heterocycles. The highest BCUT2D eigenvalue weighted by Gasteiger charge is 2.21. The molecule has 1 rings (SSSR count). The molecule has 0 aliphatic rings. The molecule has 1 heterocycles. The average Bonchev–Trinajstić information content (AvgIpc) is 2.78. The number of rotatable bonds is 4. The van der Waals surface area contributed by atoms with Gasteiger partial charge in [-0.05, 0) is 24.8 Å². The molecular formula is C11H18N2OS. The second-order valence-corrected chi connectivity index (χ2v) is 4.63. The van der Waals surface area contributed by atoms with Crippen LogP contribution in [-0.2, 0) is 4.79 Å². The van der Waals surface area contributed by atoms with Crippen molar-refractivity contribution in [1.29, 1.82) is 0 Å². The van der Waals surface area contributed by atoms with Gasteiger partial charge in [-0.25, -0.2) is 0 Å². The lowest BCUT2D eigenvalue weighted by atomic mass is 10.1. The number of hydrogen-bond acceptors (Lipinski definition) is 3. The monoisotopic (exact) mass is 226 g/mol. The van der Waals surface area contributed by atoms with E-state index in [4.69, 9.17) is 5.73 Å². The molecule has 0 aliphatic carbocycles. The summed E-state index contributed by atoms with van der Waals surface area (Å²) in [5.74, 6) is 0.0124. The lowest BCUT2D eigenvalue weighted by Gasteiger charge is -2.26. The minimum Gasteiger partial charge on any atom is -0.337 e. The number of amides is 1. The van der Waals surface area contributed by atoms with Crippen molar-refractivity contribution < 1.29 is 4.79 Å². The molecule has 3 nitrogen and oxygen atoms in total. The molecule has 2 atom stereocenters. The number of likely N-dealkylation sites (N-methyl/N-ethyl adjacent to an activating group) is 1. The Bertz CT molecular complexity index is 310. The summed E-state index contributed by atoms with van der Waals surface area (Å²) >= 11 is 1.66. The number of hydrogen-bond donors (Lipinski definition) is 1. The van der Waals surface area contributed by atoms with Crippen LogP contribution in [0.1, 0.15) is 31.2 Å². The predicted molar refractivity (Wildman–Crippen MR) is 63.8 cm³/mol. The summed E-state index contributed by atoms with van der Waals surface area (Å²) in [7, 11) is 1.81. The molecule has 0 saturated carbocycles. The fraction of sp³-hybridized carbons (Fsp3) is 0.545. The van der Waals surface area contributed by atoms with Crippen LogP contribution in [-0.4, -0.2) is 23.9 Å². The molecule has 0 aromatic carbocycles. The average molecular weight is 226 g/mol. The van der Waals surface area contributed by atoms with Crippen LogP contribution in [0.3, 0.4) is 0 Å². The summed E-state index contributed by atoms with van der Waals surface area (Å²) in [5, 5.41) is 2.02. The normalized spacial score (nSPS) is 14.7. The van der Waals surface area contributed by atoms with Crippen LogP contribution in [0.25, 0.3) is 0 Å². The van der Waals surface area contributed by atoms with Crippen LogP contribution in [0.15, 0.2) is 17.5 Å². The second kappa shape index (κ2) is 5.28. The molecule has 2 N–H and O–H groups in total. The standard InChI is InChI=1S/C11H18N2OS/c1-4-9(12)11(14)13(3)8(2)10-6-5-7-15-10/h5-9H,4,12H2,1-3H3. The Kier molecular flexibility index (Phi) is 4.29. The molecule has 15 heavy (non-hydrogen) atoms. The first-order valence-electron chi connectivity index (χ1n) is 5.13. The van der Waals surface area contributed by atoms with Gasteiger partial charge in [-0.2, -0.15) is 0 Å². The van der Waals surface area contributed by atoms with Crippen LogP contribution < -0.4 is 5.73 Å². The van der Waals surface area contributed by atoms with Crippen LogP contribution >= 0.6 is 11.3 Å². The molecule has 0 aliphatic heterocycles. The molecule has 0 fully saturated rings. The van der Waals surface area contributed by atoms with Gasteiger partial charge in [0.05, 0.1) is 12.1 Å². The number of carbonyl (C=O) groups excluding carboxylic acids is 1. The van der Waals surface area contributed by atoms with Crippen LogP contribution in [0.5, 0.6) is 0 Å². The van der Waals surface area contributed by atoms with E-state index in [1.165, 1.54) is 4.88 Å². The highest BCUT2D eigenvalue weighted by Crippen LogP contribution is 2.23. The van der Waals surface area contributed by atoms with Crippen molar-refractivity contribution in [3.8, 4) is 0 Å². The van der Waals surface area contributed by atoms with E-state index in [0.717, 1.165) is 0 Å². The SMILES string of the molecule is CCC(N)C(=O)N(C)C(C)c1cccs1. The Hall–Kier alpha value is -0.870. The molecule has 84 valence electrons. The van der Waals surface area contributed by atoms with Crippen molar-refractivity contribution in [3.05, 3.63) is 22.4 Å². The predicted octanol–water partition coefficient (Wildman–Crippen LogP) is 2.00. The van der Waals surface area contributed by atoms with Crippen molar-refractivity contribution in [2.75, 3.05) is 7.05 Å². The van der Waals surface area contributed by atoms with Gasteiger partial charge >= 0.3 is 0 Å². The van der Waals surface area contributed by atoms with E-state index in [1.807, 2.05) is 38.4 Å². The van der Waals surface area contributed by atoms with Gasteiger partial charge in [0.2, 0.25) is 5.91 Å². The Balaban J connectivity index is 2.68. The van der Waals surface area contributed by atoms with E-state index in [2.05, 4.69) is 0 Å². The minimum atomic E-state index is -0.377. The quantitative estimate of drug-likeness (QED) is 0.853. The van der Waals surface area contributed by atoms with Crippen molar-refractivity contribution in [2.45, 2.75) is 32.4 Å². The summed E-state index contributed by atoms with van der Waals surface area (Å²) in [5.41, 5.74) is 5.72. The van der Waals surface area contributed by atoms with E-state index < -0.39 is 0 Å². The summed E-state index contributed by atoms with van der Waals surface area (Å²) < 4.78 is 0.